The molecule has 2 atom stereocenters. The maximum absolute atomic E-state index is 14.3. The number of ether oxygens (including phenoxy) is 1. The SMILES string of the molecule is COCCCN1C2=NC3C(C(=O)N(Cc4c(F)cccc4Cl)C(=O)N3C)N2C(C)=C1C. The van der Waals surface area contributed by atoms with Gasteiger partial charge < -0.3 is 14.5 Å². The highest BCUT2D eigenvalue weighted by Crippen LogP contribution is 2.38. The minimum atomic E-state index is -0.703. The third-order valence-corrected chi connectivity index (χ3v) is 6.47. The van der Waals surface area contributed by atoms with Crippen molar-refractivity contribution in [1.82, 2.24) is 19.6 Å². The number of carbonyl (C=O) groups excluding carboxylic acids is 2. The van der Waals surface area contributed by atoms with Gasteiger partial charge in [0.05, 0.1) is 6.54 Å². The van der Waals surface area contributed by atoms with E-state index in [1.165, 1.54) is 23.1 Å². The molecule has 1 aromatic rings. The molecule has 0 N–H and O–H groups in total. The van der Waals surface area contributed by atoms with Crippen molar-refractivity contribution in [2.24, 2.45) is 4.99 Å². The number of amides is 3. The quantitative estimate of drug-likeness (QED) is 0.625. The molecule has 166 valence electrons. The first-order valence-electron chi connectivity index (χ1n) is 10.1. The number of hydrogen-bond donors (Lipinski definition) is 0. The molecule has 1 saturated heterocycles. The monoisotopic (exact) mass is 449 g/mol. The topological polar surface area (TPSA) is 68.7 Å². The fourth-order valence-corrected chi connectivity index (χ4v) is 4.53. The summed E-state index contributed by atoms with van der Waals surface area (Å²) in [6.45, 7) is 4.98. The molecule has 0 bridgehead atoms. The number of aliphatic imine (C=N–C) groups is 1. The van der Waals surface area contributed by atoms with Crippen LogP contribution in [0, 0.1) is 5.82 Å². The predicted octanol–water partition coefficient (Wildman–Crippen LogP) is 2.84. The molecular formula is C21H25ClFN5O3. The minimum Gasteiger partial charge on any atom is -0.385 e. The Labute approximate surface area is 185 Å². The number of allylic oxidation sites excluding steroid dienone is 2. The van der Waals surface area contributed by atoms with Crippen molar-refractivity contribution in [1.29, 1.82) is 0 Å². The van der Waals surface area contributed by atoms with Crippen molar-refractivity contribution in [3.63, 3.8) is 0 Å². The summed E-state index contributed by atoms with van der Waals surface area (Å²) in [5, 5.41) is 0.172. The zero-order chi connectivity index (χ0) is 22.4. The van der Waals surface area contributed by atoms with Crippen LogP contribution in [0.3, 0.4) is 0 Å². The summed E-state index contributed by atoms with van der Waals surface area (Å²) in [4.78, 5) is 37.6. The zero-order valence-corrected chi connectivity index (χ0v) is 18.7. The second-order valence-electron chi connectivity index (χ2n) is 7.84. The van der Waals surface area contributed by atoms with Gasteiger partial charge in [-0.25, -0.2) is 14.2 Å². The molecule has 8 nitrogen and oxygen atoms in total. The average molecular weight is 450 g/mol. The van der Waals surface area contributed by atoms with Gasteiger partial charge in [0.1, 0.15) is 5.82 Å². The van der Waals surface area contributed by atoms with Gasteiger partial charge in [0.2, 0.25) is 5.96 Å². The highest BCUT2D eigenvalue weighted by Gasteiger charge is 2.55. The number of rotatable bonds is 6. The summed E-state index contributed by atoms with van der Waals surface area (Å²) in [7, 11) is 3.26. The van der Waals surface area contributed by atoms with E-state index in [4.69, 9.17) is 21.3 Å². The van der Waals surface area contributed by atoms with Crippen molar-refractivity contribution in [3.05, 3.63) is 46.0 Å². The first-order valence-corrected chi connectivity index (χ1v) is 10.5. The Morgan fingerprint density at radius 1 is 1.19 bits per heavy atom. The van der Waals surface area contributed by atoms with Gasteiger partial charge in [0.25, 0.3) is 5.91 Å². The van der Waals surface area contributed by atoms with Crippen LogP contribution in [-0.4, -0.2) is 77.0 Å². The second kappa shape index (κ2) is 8.12. The van der Waals surface area contributed by atoms with Crippen LogP contribution in [0.25, 0.3) is 0 Å². The van der Waals surface area contributed by atoms with Gasteiger partial charge in [-0.3, -0.25) is 14.6 Å². The first-order chi connectivity index (χ1) is 14.8. The molecule has 0 aliphatic carbocycles. The van der Waals surface area contributed by atoms with Crippen LogP contribution < -0.4 is 0 Å². The van der Waals surface area contributed by atoms with Crippen molar-refractivity contribution in [3.8, 4) is 0 Å². The van der Waals surface area contributed by atoms with Crippen LogP contribution in [0.4, 0.5) is 9.18 Å². The largest absolute Gasteiger partial charge is 0.385 e. The minimum absolute atomic E-state index is 0.114. The molecule has 0 spiro atoms. The van der Waals surface area contributed by atoms with Crippen molar-refractivity contribution in [2.75, 3.05) is 27.3 Å². The Hall–Kier alpha value is -2.65. The predicted molar refractivity (Wildman–Crippen MR) is 114 cm³/mol. The normalized spacial score (nSPS) is 23.1. The molecule has 31 heavy (non-hydrogen) atoms. The van der Waals surface area contributed by atoms with E-state index >= 15 is 0 Å². The van der Waals surface area contributed by atoms with E-state index < -0.39 is 30.0 Å². The van der Waals surface area contributed by atoms with E-state index in [-0.39, 0.29) is 17.1 Å². The maximum Gasteiger partial charge on any atom is 0.328 e. The highest BCUT2D eigenvalue weighted by atomic mass is 35.5. The number of fused-ring (bicyclic) bond motifs is 3. The molecule has 3 heterocycles. The molecule has 4 rings (SSSR count). The first kappa shape index (κ1) is 21.6. The van der Waals surface area contributed by atoms with E-state index in [0.29, 0.717) is 19.1 Å². The Bertz CT molecular complexity index is 977. The Balaban J connectivity index is 1.65. The molecule has 0 aromatic heterocycles. The summed E-state index contributed by atoms with van der Waals surface area (Å²) in [6, 6.07) is 3.06. The fraction of sp³-hybridized carbons (Fsp3) is 0.476. The lowest BCUT2D eigenvalue weighted by Crippen LogP contribution is -2.64. The fourth-order valence-electron chi connectivity index (χ4n) is 4.30. The summed E-state index contributed by atoms with van der Waals surface area (Å²) in [5.74, 6) is -0.324. The van der Waals surface area contributed by atoms with Gasteiger partial charge in [-0.2, -0.15) is 0 Å². The molecule has 0 radical (unpaired) electrons. The van der Waals surface area contributed by atoms with Gasteiger partial charge in [-0.15, -0.1) is 0 Å². The summed E-state index contributed by atoms with van der Waals surface area (Å²) < 4.78 is 19.5. The number of imide groups is 1. The number of nitrogens with zero attached hydrogens (tertiary/aromatic N) is 5. The number of halogens is 2. The molecule has 10 heteroatoms. The molecule has 0 saturated carbocycles. The van der Waals surface area contributed by atoms with Crippen molar-refractivity contribution >= 4 is 29.5 Å². The van der Waals surface area contributed by atoms with Crippen LogP contribution in [0.5, 0.6) is 0 Å². The average Bonchev–Trinajstić information content (AvgIpc) is 3.23. The number of guanidine groups is 1. The smallest absolute Gasteiger partial charge is 0.328 e. The highest BCUT2D eigenvalue weighted by molar-refractivity contribution is 6.31. The number of hydrogen-bond acceptors (Lipinski definition) is 6. The Morgan fingerprint density at radius 3 is 2.61 bits per heavy atom. The number of carbonyl (C=O) groups is 2. The lowest BCUT2D eigenvalue weighted by Gasteiger charge is -2.40. The second-order valence-corrected chi connectivity index (χ2v) is 8.25. The number of methoxy groups -OCH3 is 1. The third kappa shape index (κ3) is 3.36. The van der Waals surface area contributed by atoms with E-state index in [0.717, 1.165) is 22.7 Å². The molecule has 1 aromatic carbocycles. The third-order valence-electron chi connectivity index (χ3n) is 6.11. The molecule has 2 unspecified atom stereocenters. The molecule has 3 aliphatic rings. The lowest BCUT2D eigenvalue weighted by atomic mass is 10.1. The van der Waals surface area contributed by atoms with Crippen LogP contribution >= 0.6 is 11.6 Å². The van der Waals surface area contributed by atoms with Gasteiger partial charge in [0.15, 0.2) is 12.2 Å². The Kier molecular flexibility index (Phi) is 5.65. The summed E-state index contributed by atoms with van der Waals surface area (Å²) >= 11 is 6.14. The number of likely N-dealkylation sites (N-methyl/N-ethyl adjacent to an activating group) is 1. The molecular weight excluding hydrogens is 425 g/mol. The van der Waals surface area contributed by atoms with Crippen LogP contribution in [0.15, 0.2) is 34.6 Å². The van der Waals surface area contributed by atoms with Gasteiger partial charge in [-0.05, 0) is 32.4 Å². The van der Waals surface area contributed by atoms with Crippen LogP contribution in [-0.2, 0) is 16.1 Å². The van der Waals surface area contributed by atoms with Gasteiger partial charge in [-0.1, -0.05) is 17.7 Å². The summed E-state index contributed by atoms with van der Waals surface area (Å²) in [6.07, 6.45) is 0.152. The van der Waals surface area contributed by atoms with Crippen molar-refractivity contribution < 1.29 is 18.7 Å². The van der Waals surface area contributed by atoms with E-state index in [9.17, 15) is 14.0 Å². The van der Waals surface area contributed by atoms with Crippen molar-refractivity contribution in [2.45, 2.75) is 39.0 Å². The standard InChI is InChI=1S/C21H25ClFN5O3/c1-12-13(2)28-17-18(24-20(28)26(12)9-6-10-31-4)25(3)21(30)27(19(17)29)11-14-15(22)7-5-8-16(14)23/h5,7-8,17-18H,6,9-11H2,1-4H3. The summed E-state index contributed by atoms with van der Waals surface area (Å²) in [5.41, 5.74) is 2.02. The van der Waals surface area contributed by atoms with Crippen LogP contribution in [0.1, 0.15) is 25.8 Å². The van der Waals surface area contributed by atoms with E-state index in [1.54, 1.807) is 14.2 Å². The molecule has 3 amide bonds. The number of urea groups is 1. The van der Waals surface area contributed by atoms with Gasteiger partial charge in [0, 0.05) is 49.3 Å². The van der Waals surface area contributed by atoms with E-state index in [2.05, 4.69) is 4.90 Å². The lowest BCUT2D eigenvalue weighted by molar-refractivity contribution is -0.137. The zero-order valence-electron chi connectivity index (χ0n) is 17.9. The maximum atomic E-state index is 14.3. The molecule has 3 aliphatic heterocycles. The number of benzene rings is 1. The van der Waals surface area contributed by atoms with Crippen LogP contribution in [0.2, 0.25) is 5.02 Å². The van der Waals surface area contributed by atoms with Gasteiger partial charge >= 0.3 is 6.03 Å². The Morgan fingerprint density at radius 2 is 1.94 bits per heavy atom. The molecule has 1 fully saturated rings. The van der Waals surface area contributed by atoms with E-state index in [1.807, 2.05) is 18.7 Å².